The van der Waals surface area contributed by atoms with E-state index in [0.717, 1.165) is 5.56 Å². The third-order valence-electron chi connectivity index (χ3n) is 1.22. The first-order valence-corrected chi connectivity index (χ1v) is 4.25. The first-order chi connectivity index (χ1) is 6.29. The molecule has 0 spiro atoms. The molecule has 0 saturated carbocycles. The molecule has 0 unspecified atom stereocenters. The van der Waals surface area contributed by atoms with Crippen molar-refractivity contribution in [2.45, 2.75) is 20.5 Å². The van der Waals surface area contributed by atoms with Crippen LogP contribution in [0.4, 0.5) is 4.79 Å². The lowest BCUT2D eigenvalue weighted by Crippen LogP contribution is -2.12. The maximum absolute atomic E-state index is 10.2. The highest BCUT2D eigenvalue weighted by atomic mass is 16.5. The lowest BCUT2D eigenvalue weighted by molar-refractivity contribution is 0.150. The molecule has 0 aliphatic heterocycles. The van der Waals surface area contributed by atoms with Crippen molar-refractivity contribution < 1.29 is 11.0 Å². The molecular formula is C10H17NO2. The van der Waals surface area contributed by atoms with E-state index >= 15 is 0 Å². The lowest BCUT2D eigenvalue weighted by atomic mass is 10.2. The summed E-state index contributed by atoms with van der Waals surface area (Å²) in [6.45, 7) is 4.25. The Morgan fingerprint density at radius 3 is 2.38 bits per heavy atom. The van der Waals surface area contributed by atoms with E-state index in [1.807, 2.05) is 44.2 Å². The zero-order valence-corrected chi connectivity index (χ0v) is 7.99. The zero-order valence-electron chi connectivity index (χ0n) is 7.99. The van der Waals surface area contributed by atoms with Gasteiger partial charge in [-0.25, -0.2) is 4.79 Å². The van der Waals surface area contributed by atoms with Crippen LogP contribution in [0, 0.1) is 0 Å². The monoisotopic (exact) mass is 183 g/mol. The molecule has 1 aromatic rings. The van der Waals surface area contributed by atoms with Gasteiger partial charge < -0.3 is 10.5 Å². The SMILES string of the molecule is CC.NC(=O)OCc1ccccc1.[HH]. The minimum atomic E-state index is -0.742. The van der Waals surface area contributed by atoms with Crippen molar-refractivity contribution in [3.8, 4) is 0 Å². The Bertz CT molecular complexity index is 239. The van der Waals surface area contributed by atoms with Gasteiger partial charge in [0.25, 0.3) is 0 Å². The molecule has 3 nitrogen and oxygen atoms in total. The minimum absolute atomic E-state index is 0. The second-order valence-corrected chi connectivity index (χ2v) is 2.09. The summed E-state index contributed by atoms with van der Waals surface area (Å²) in [4.78, 5) is 10.2. The largest absolute Gasteiger partial charge is 0.445 e. The molecule has 2 N–H and O–H groups in total. The van der Waals surface area contributed by atoms with E-state index in [1.165, 1.54) is 0 Å². The summed E-state index contributed by atoms with van der Waals surface area (Å²) in [5.74, 6) is 0. The van der Waals surface area contributed by atoms with Gasteiger partial charge >= 0.3 is 6.09 Å². The molecule has 0 saturated heterocycles. The number of benzene rings is 1. The fourth-order valence-corrected chi connectivity index (χ4v) is 0.729. The Labute approximate surface area is 80.0 Å². The average molecular weight is 183 g/mol. The fraction of sp³-hybridized carbons (Fsp3) is 0.300. The topological polar surface area (TPSA) is 52.3 Å². The zero-order chi connectivity index (χ0) is 10.1. The van der Waals surface area contributed by atoms with Crippen LogP contribution in [0.3, 0.4) is 0 Å². The van der Waals surface area contributed by atoms with Gasteiger partial charge in [0.2, 0.25) is 0 Å². The predicted octanol–water partition coefficient (Wildman–Crippen LogP) is 2.55. The van der Waals surface area contributed by atoms with Gasteiger partial charge in [-0.15, -0.1) is 0 Å². The molecule has 0 radical (unpaired) electrons. The summed E-state index contributed by atoms with van der Waals surface area (Å²) in [7, 11) is 0. The highest BCUT2D eigenvalue weighted by molar-refractivity contribution is 5.64. The maximum atomic E-state index is 10.2. The minimum Gasteiger partial charge on any atom is -0.445 e. The van der Waals surface area contributed by atoms with Crippen LogP contribution in [-0.4, -0.2) is 6.09 Å². The fourth-order valence-electron chi connectivity index (χ4n) is 0.729. The van der Waals surface area contributed by atoms with Gasteiger partial charge in [-0.3, -0.25) is 0 Å². The van der Waals surface area contributed by atoms with E-state index in [2.05, 4.69) is 4.74 Å². The first-order valence-electron chi connectivity index (χ1n) is 4.25. The summed E-state index contributed by atoms with van der Waals surface area (Å²) in [6, 6.07) is 9.37. The number of carbonyl (C=O) groups is 1. The number of amides is 1. The van der Waals surface area contributed by atoms with E-state index < -0.39 is 6.09 Å². The van der Waals surface area contributed by atoms with E-state index in [-0.39, 0.29) is 8.03 Å². The van der Waals surface area contributed by atoms with Gasteiger partial charge in [-0.1, -0.05) is 44.2 Å². The number of hydrogen-bond acceptors (Lipinski definition) is 2. The molecule has 13 heavy (non-hydrogen) atoms. The molecule has 0 fully saturated rings. The molecule has 0 heterocycles. The Morgan fingerprint density at radius 1 is 1.38 bits per heavy atom. The van der Waals surface area contributed by atoms with Crippen molar-refractivity contribution >= 4 is 6.09 Å². The Kier molecular flexibility index (Phi) is 6.32. The molecule has 3 heteroatoms. The Balaban J connectivity index is 0. The first kappa shape index (κ1) is 11.5. The van der Waals surface area contributed by atoms with Crippen LogP contribution in [0.1, 0.15) is 20.8 Å². The van der Waals surface area contributed by atoms with Crippen molar-refractivity contribution in [2.75, 3.05) is 0 Å². The second kappa shape index (κ2) is 7.16. The average Bonchev–Trinajstić information content (AvgIpc) is 2.19. The Hall–Kier alpha value is -1.51. The van der Waals surface area contributed by atoms with Crippen LogP contribution >= 0.6 is 0 Å². The summed E-state index contributed by atoms with van der Waals surface area (Å²) in [6.07, 6.45) is -0.742. The molecule has 1 rings (SSSR count). The number of hydrogen-bond donors (Lipinski definition) is 1. The molecule has 1 aromatic carbocycles. The molecule has 0 aromatic heterocycles. The van der Waals surface area contributed by atoms with Crippen molar-refractivity contribution in [1.29, 1.82) is 0 Å². The number of ether oxygens (including phenoxy) is 1. The number of nitrogens with two attached hydrogens (primary N) is 1. The molecule has 0 bridgehead atoms. The van der Waals surface area contributed by atoms with Crippen LogP contribution in [0.2, 0.25) is 0 Å². The van der Waals surface area contributed by atoms with Gasteiger partial charge in [0.05, 0.1) is 0 Å². The number of carbonyl (C=O) groups excluding carboxylic acids is 1. The van der Waals surface area contributed by atoms with Gasteiger partial charge in [0, 0.05) is 1.43 Å². The summed E-state index contributed by atoms with van der Waals surface area (Å²) >= 11 is 0. The van der Waals surface area contributed by atoms with Crippen molar-refractivity contribution in [1.82, 2.24) is 0 Å². The van der Waals surface area contributed by atoms with E-state index in [0.29, 0.717) is 0 Å². The third kappa shape index (κ3) is 5.73. The van der Waals surface area contributed by atoms with E-state index in [1.54, 1.807) is 0 Å². The quantitative estimate of drug-likeness (QED) is 0.766. The smallest absolute Gasteiger partial charge is 0.404 e. The van der Waals surface area contributed by atoms with E-state index in [4.69, 9.17) is 5.73 Å². The Morgan fingerprint density at radius 2 is 1.92 bits per heavy atom. The second-order valence-electron chi connectivity index (χ2n) is 2.09. The van der Waals surface area contributed by atoms with Crippen molar-refractivity contribution in [3.05, 3.63) is 35.9 Å². The van der Waals surface area contributed by atoms with Crippen LogP contribution in [0.5, 0.6) is 0 Å². The van der Waals surface area contributed by atoms with Crippen LogP contribution in [-0.2, 0) is 11.3 Å². The number of primary amides is 1. The molecule has 0 aliphatic rings. The molecule has 1 amide bonds. The molecule has 0 atom stereocenters. The molecule has 74 valence electrons. The van der Waals surface area contributed by atoms with Gasteiger partial charge in [0.15, 0.2) is 0 Å². The number of rotatable bonds is 2. The predicted molar refractivity (Wildman–Crippen MR) is 54.3 cm³/mol. The van der Waals surface area contributed by atoms with Crippen LogP contribution < -0.4 is 5.73 Å². The third-order valence-corrected chi connectivity index (χ3v) is 1.22. The summed E-state index contributed by atoms with van der Waals surface area (Å²) in [5.41, 5.74) is 5.72. The lowest BCUT2D eigenvalue weighted by Gasteiger charge is -1.99. The highest BCUT2D eigenvalue weighted by Gasteiger charge is 1.93. The maximum Gasteiger partial charge on any atom is 0.404 e. The van der Waals surface area contributed by atoms with E-state index in [9.17, 15) is 4.79 Å². The summed E-state index contributed by atoms with van der Waals surface area (Å²) in [5, 5.41) is 0. The highest BCUT2D eigenvalue weighted by Crippen LogP contribution is 1.99. The molecule has 0 aliphatic carbocycles. The van der Waals surface area contributed by atoms with Crippen molar-refractivity contribution in [3.63, 3.8) is 0 Å². The van der Waals surface area contributed by atoms with Crippen molar-refractivity contribution in [2.24, 2.45) is 5.73 Å². The van der Waals surface area contributed by atoms with Crippen LogP contribution in [0.15, 0.2) is 30.3 Å². The standard InChI is InChI=1S/C8H9NO2.C2H6.H2/c9-8(10)11-6-7-4-2-1-3-5-7;1-2;/h1-5H,6H2,(H2,9,10);1-2H3;1H. The molecular weight excluding hydrogens is 166 g/mol. The van der Waals surface area contributed by atoms with Gasteiger partial charge in [-0.05, 0) is 5.56 Å². The normalized spacial score (nSPS) is 8.15. The summed E-state index contributed by atoms with van der Waals surface area (Å²) < 4.78 is 4.57. The van der Waals surface area contributed by atoms with Crippen LogP contribution in [0.25, 0.3) is 0 Å². The van der Waals surface area contributed by atoms with Gasteiger partial charge in [0.1, 0.15) is 6.61 Å². The van der Waals surface area contributed by atoms with Gasteiger partial charge in [-0.2, -0.15) is 0 Å².